The summed E-state index contributed by atoms with van der Waals surface area (Å²) < 4.78 is 31.3. The van der Waals surface area contributed by atoms with Crippen LogP contribution in [-0.2, 0) is 27.1 Å². The minimum atomic E-state index is -3.48. The van der Waals surface area contributed by atoms with E-state index >= 15 is 0 Å². The zero-order valence-corrected chi connectivity index (χ0v) is 14.0. The van der Waals surface area contributed by atoms with Crippen molar-refractivity contribution in [2.75, 3.05) is 7.11 Å². The van der Waals surface area contributed by atoms with Crippen LogP contribution in [0.25, 0.3) is 0 Å². The Morgan fingerprint density at radius 3 is 2.17 bits per heavy atom. The highest BCUT2D eigenvalue weighted by Crippen LogP contribution is 2.11. The van der Waals surface area contributed by atoms with Gasteiger partial charge < -0.3 is 4.74 Å². The van der Waals surface area contributed by atoms with Crippen LogP contribution in [0.5, 0.6) is 0 Å². The lowest BCUT2D eigenvalue weighted by Gasteiger charge is -2.08. The second-order valence-corrected chi connectivity index (χ2v) is 7.14. The Kier molecular flexibility index (Phi) is 5.76. The Labute approximate surface area is 140 Å². The van der Waals surface area contributed by atoms with Gasteiger partial charge in [0.2, 0.25) is 10.0 Å². The maximum absolute atomic E-state index is 12.1. The molecule has 1 N–H and O–H groups in total. The van der Waals surface area contributed by atoms with E-state index in [1.807, 2.05) is 0 Å². The summed E-state index contributed by atoms with van der Waals surface area (Å²) in [5, 5.41) is 0.599. The molecule has 0 radical (unpaired) electrons. The summed E-state index contributed by atoms with van der Waals surface area (Å²) >= 11 is 5.78. The van der Waals surface area contributed by atoms with E-state index in [9.17, 15) is 13.2 Å². The topological polar surface area (TPSA) is 72.5 Å². The van der Waals surface area contributed by atoms with E-state index in [0.717, 1.165) is 5.56 Å². The molecule has 23 heavy (non-hydrogen) atoms. The van der Waals surface area contributed by atoms with Crippen LogP contribution in [0.1, 0.15) is 21.5 Å². The quantitative estimate of drug-likeness (QED) is 0.810. The molecule has 0 aliphatic carbocycles. The highest BCUT2D eigenvalue weighted by molar-refractivity contribution is 7.88. The number of hydrogen-bond acceptors (Lipinski definition) is 4. The zero-order chi connectivity index (χ0) is 16.9. The highest BCUT2D eigenvalue weighted by Gasteiger charge is 2.12. The van der Waals surface area contributed by atoms with Gasteiger partial charge in [0.05, 0.1) is 18.4 Å². The van der Waals surface area contributed by atoms with E-state index in [1.165, 1.54) is 19.2 Å². The molecule has 0 saturated heterocycles. The molecule has 2 aromatic rings. The highest BCUT2D eigenvalue weighted by atomic mass is 35.5. The average Bonchev–Trinajstić information content (AvgIpc) is 2.54. The summed E-state index contributed by atoms with van der Waals surface area (Å²) in [7, 11) is -2.19. The van der Waals surface area contributed by atoms with Crippen molar-refractivity contribution in [1.29, 1.82) is 0 Å². The molecule has 0 bridgehead atoms. The fourth-order valence-electron chi connectivity index (χ4n) is 1.92. The normalized spacial score (nSPS) is 11.2. The van der Waals surface area contributed by atoms with Crippen molar-refractivity contribution in [2.24, 2.45) is 0 Å². The minimum Gasteiger partial charge on any atom is -0.465 e. The van der Waals surface area contributed by atoms with Gasteiger partial charge in [-0.2, -0.15) is 0 Å². The zero-order valence-electron chi connectivity index (χ0n) is 12.5. The van der Waals surface area contributed by atoms with E-state index in [0.29, 0.717) is 16.1 Å². The molecule has 0 aliphatic rings. The van der Waals surface area contributed by atoms with Crippen LogP contribution in [0.4, 0.5) is 0 Å². The summed E-state index contributed by atoms with van der Waals surface area (Å²) in [5.41, 5.74) is 1.78. The third-order valence-corrected chi connectivity index (χ3v) is 4.69. The number of esters is 1. The van der Waals surface area contributed by atoms with Gasteiger partial charge >= 0.3 is 5.97 Å². The number of methoxy groups -OCH3 is 1. The Morgan fingerprint density at radius 2 is 1.61 bits per heavy atom. The van der Waals surface area contributed by atoms with Gasteiger partial charge in [-0.05, 0) is 35.4 Å². The lowest BCUT2D eigenvalue weighted by Crippen LogP contribution is -2.24. The fourth-order valence-corrected chi connectivity index (χ4v) is 3.17. The first kappa shape index (κ1) is 17.5. The van der Waals surface area contributed by atoms with Crippen LogP contribution < -0.4 is 4.72 Å². The van der Waals surface area contributed by atoms with E-state index < -0.39 is 16.0 Å². The third-order valence-electron chi connectivity index (χ3n) is 3.14. The van der Waals surface area contributed by atoms with Gasteiger partial charge in [-0.15, -0.1) is 0 Å². The van der Waals surface area contributed by atoms with Gasteiger partial charge in [-0.1, -0.05) is 35.9 Å². The van der Waals surface area contributed by atoms with E-state index in [4.69, 9.17) is 11.6 Å². The molecule has 0 fully saturated rings. The number of carbonyl (C=O) groups is 1. The van der Waals surface area contributed by atoms with E-state index in [2.05, 4.69) is 9.46 Å². The predicted molar refractivity (Wildman–Crippen MR) is 88.7 cm³/mol. The molecule has 0 heterocycles. The monoisotopic (exact) mass is 353 g/mol. The molecule has 0 atom stereocenters. The summed E-state index contributed by atoms with van der Waals surface area (Å²) in [4.78, 5) is 11.3. The lowest BCUT2D eigenvalue weighted by atomic mass is 10.1. The molecular weight excluding hydrogens is 338 g/mol. The maximum atomic E-state index is 12.1. The van der Waals surface area contributed by atoms with Crippen LogP contribution in [0, 0.1) is 0 Å². The number of ether oxygens (including phenoxy) is 1. The number of rotatable bonds is 6. The summed E-state index contributed by atoms with van der Waals surface area (Å²) in [6.45, 7) is 0.194. The number of sulfonamides is 1. The molecule has 5 nitrogen and oxygen atoms in total. The molecule has 0 amide bonds. The minimum absolute atomic E-state index is 0.165. The molecule has 0 aromatic heterocycles. The number of nitrogens with one attached hydrogen (secondary N) is 1. The van der Waals surface area contributed by atoms with Crippen LogP contribution >= 0.6 is 11.6 Å². The van der Waals surface area contributed by atoms with Crippen molar-refractivity contribution in [3.05, 3.63) is 70.2 Å². The SMILES string of the molecule is COC(=O)c1ccc(CS(=O)(=O)NCc2ccc(Cl)cc2)cc1. The summed E-state index contributed by atoms with van der Waals surface area (Å²) in [6, 6.07) is 13.2. The van der Waals surface area contributed by atoms with Crippen molar-refractivity contribution < 1.29 is 17.9 Å². The summed E-state index contributed by atoms with van der Waals surface area (Å²) in [5.74, 6) is -0.623. The van der Waals surface area contributed by atoms with Gasteiger partial charge in [0, 0.05) is 11.6 Å². The van der Waals surface area contributed by atoms with Crippen LogP contribution in [0.3, 0.4) is 0 Å². The number of benzene rings is 2. The lowest BCUT2D eigenvalue weighted by molar-refractivity contribution is 0.0600. The molecule has 0 spiro atoms. The number of carbonyl (C=O) groups excluding carboxylic acids is 1. The Balaban J connectivity index is 1.97. The summed E-state index contributed by atoms with van der Waals surface area (Å²) in [6.07, 6.45) is 0. The maximum Gasteiger partial charge on any atom is 0.337 e. The first-order valence-corrected chi connectivity index (χ1v) is 8.82. The standard InChI is InChI=1S/C16H16ClNO4S/c1-22-16(19)14-6-2-13(3-7-14)11-23(20,21)18-10-12-4-8-15(17)9-5-12/h2-9,18H,10-11H2,1H3. The van der Waals surface area contributed by atoms with Gasteiger partial charge in [-0.25, -0.2) is 17.9 Å². The molecule has 0 saturated carbocycles. The molecule has 0 aliphatic heterocycles. The van der Waals surface area contributed by atoms with Gasteiger partial charge in [0.1, 0.15) is 0 Å². The van der Waals surface area contributed by atoms with Crippen molar-refractivity contribution in [3.8, 4) is 0 Å². The van der Waals surface area contributed by atoms with E-state index in [-0.39, 0.29) is 12.3 Å². The fraction of sp³-hybridized carbons (Fsp3) is 0.188. The Morgan fingerprint density at radius 1 is 1.04 bits per heavy atom. The Bertz CT molecular complexity index is 771. The molecule has 122 valence electrons. The smallest absolute Gasteiger partial charge is 0.337 e. The van der Waals surface area contributed by atoms with Gasteiger partial charge in [0.15, 0.2) is 0 Å². The van der Waals surface area contributed by atoms with Crippen molar-refractivity contribution in [3.63, 3.8) is 0 Å². The van der Waals surface area contributed by atoms with Crippen LogP contribution in [0.2, 0.25) is 5.02 Å². The average molecular weight is 354 g/mol. The van der Waals surface area contributed by atoms with Gasteiger partial charge in [-0.3, -0.25) is 0 Å². The Hall–Kier alpha value is -1.89. The predicted octanol–water partition coefficient (Wildman–Crippen LogP) is 2.75. The van der Waals surface area contributed by atoms with Crippen molar-refractivity contribution in [2.45, 2.75) is 12.3 Å². The molecular formula is C16H16ClNO4S. The second kappa shape index (κ2) is 7.59. The molecule has 2 aromatic carbocycles. The first-order valence-electron chi connectivity index (χ1n) is 6.79. The second-order valence-electron chi connectivity index (χ2n) is 4.90. The molecule has 7 heteroatoms. The van der Waals surface area contributed by atoms with Crippen molar-refractivity contribution in [1.82, 2.24) is 4.72 Å². The van der Waals surface area contributed by atoms with E-state index in [1.54, 1.807) is 36.4 Å². The van der Waals surface area contributed by atoms with Gasteiger partial charge in [0.25, 0.3) is 0 Å². The number of hydrogen-bond donors (Lipinski definition) is 1. The largest absolute Gasteiger partial charge is 0.465 e. The van der Waals surface area contributed by atoms with Crippen molar-refractivity contribution >= 4 is 27.6 Å². The van der Waals surface area contributed by atoms with Crippen LogP contribution in [0.15, 0.2) is 48.5 Å². The molecule has 2 rings (SSSR count). The molecule has 0 unspecified atom stereocenters. The number of halogens is 1. The van der Waals surface area contributed by atoms with Crippen LogP contribution in [-0.4, -0.2) is 21.5 Å². The third kappa shape index (κ3) is 5.35. The first-order chi connectivity index (χ1) is 10.9.